The summed E-state index contributed by atoms with van der Waals surface area (Å²) in [7, 11) is 0. The molecule has 1 aliphatic rings. The van der Waals surface area contributed by atoms with E-state index < -0.39 is 0 Å². The van der Waals surface area contributed by atoms with Crippen LogP contribution in [0.5, 0.6) is 0 Å². The van der Waals surface area contributed by atoms with Crippen molar-refractivity contribution in [2.75, 3.05) is 5.32 Å². The molecule has 2 heterocycles. The molecule has 0 radical (unpaired) electrons. The lowest BCUT2D eigenvalue weighted by Crippen LogP contribution is -2.20. The topological polar surface area (TPSA) is 55.6 Å². The number of hydrogen-bond acceptors (Lipinski definition) is 4. The summed E-state index contributed by atoms with van der Waals surface area (Å²) in [4.78, 5) is 9.11. The summed E-state index contributed by atoms with van der Waals surface area (Å²) < 4.78 is 1.91. The molecule has 29 heavy (non-hydrogen) atoms. The van der Waals surface area contributed by atoms with Crippen molar-refractivity contribution in [1.29, 1.82) is 0 Å². The zero-order chi connectivity index (χ0) is 19.9. The van der Waals surface area contributed by atoms with Gasteiger partial charge in [-0.1, -0.05) is 69.9 Å². The highest BCUT2D eigenvalue weighted by Gasteiger charge is 2.15. The van der Waals surface area contributed by atoms with E-state index in [0.29, 0.717) is 6.04 Å². The average molecular weight is 392 g/mol. The van der Waals surface area contributed by atoms with Crippen LogP contribution in [0.2, 0.25) is 0 Å². The number of anilines is 1. The highest BCUT2D eigenvalue weighted by atomic mass is 15.3. The maximum Gasteiger partial charge on any atom is 0.168 e. The highest BCUT2D eigenvalue weighted by Crippen LogP contribution is 2.25. The minimum Gasteiger partial charge on any atom is -0.367 e. The summed E-state index contributed by atoms with van der Waals surface area (Å²) >= 11 is 0. The molecule has 154 valence electrons. The normalized spacial score (nSPS) is 17.6. The smallest absolute Gasteiger partial charge is 0.168 e. The number of nitrogens with zero attached hydrogens (tertiary/aromatic N) is 4. The molecular weight excluding hydrogens is 358 g/mol. The number of nitrogens with one attached hydrogen (secondary N) is 1. The molecule has 0 bridgehead atoms. The van der Waals surface area contributed by atoms with Crippen molar-refractivity contribution >= 4 is 16.9 Å². The first-order valence-corrected chi connectivity index (χ1v) is 11.3. The van der Waals surface area contributed by atoms with Crippen molar-refractivity contribution in [2.45, 2.75) is 83.6 Å². The standard InChI is InChI=1S/C24H33N5/c1-19-12-11-15-21(16-19)29-24-22(17-27-29)23(25-18-26-24)28-20-13-9-7-5-3-2-4-6-8-10-14-20/h11-12,15-18,20H,2-10,13-14H2,1H3,(H,25,26,28). The van der Waals surface area contributed by atoms with Crippen LogP contribution in [0.4, 0.5) is 5.82 Å². The Hall–Kier alpha value is -2.43. The SMILES string of the molecule is Cc1cccc(-n2ncc3c(NC4CCCCCCCCCCC4)ncnc32)c1. The van der Waals surface area contributed by atoms with Crippen LogP contribution in [0.1, 0.15) is 76.2 Å². The molecule has 4 rings (SSSR count). The molecule has 0 saturated heterocycles. The van der Waals surface area contributed by atoms with Crippen molar-refractivity contribution in [3.8, 4) is 5.69 Å². The second kappa shape index (κ2) is 9.86. The third-order valence-corrected chi connectivity index (χ3v) is 6.06. The highest BCUT2D eigenvalue weighted by molar-refractivity contribution is 5.87. The lowest BCUT2D eigenvalue weighted by Gasteiger charge is -2.20. The Morgan fingerprint density at radius 2 is 1.59 bits per heavy atom. The van der Waals surface area contributed by atoms with E-state index >= 15 is 0 Å². The van der Waals surface area contributed by atoms with Gasteiger partial charge in [-0.05, 0) is 37.5 Å². The summed E-state index contributed by atoms with van der Waals surface area (Å²) in [5.74, 6) is 0.922. The van der Waals surface area contributed by atoms with Crippen molar-refractivity contribution in [1.82, 2.24) is 19.7 Å². The first-order chi connectivity index (χ1) is 14.3. The van der Waals surface area contributed by atoms with Crippen LogP contribution in [0.25, 0.3) is 16.7 Å². The monoisotopic (exact) mass is 391 g/mol. The quantitative estimate of drug-likeness (QED) is 0.577. The number of aromatic nitrogens is 4. The van der Waals surface area contributed by atoms with Gasteiger partial charge in [-0.15, -0.1) is 0 Å². The fraction of sp³-hybridized carbons (Fsp3) is 0.542. The van der Waals surface area contributed by atoms with Gasteiger partial charge in [-0.2, -0.15) is 5.10 Å². The fourth-order valence-corrected chi connectivity index (χ4v) is 4.41. The molecule has 0 spiro atoms. The number of aryl methyl sites for hydroxylation is 1. The molecule has 0 unspecified atom stereocenters. The Labute approximate surface area is 174 Å². The minimum atomic E-state index is 0.481. The molecule has 5 heteroatoms. The van der Waals surface area contributed by atoms with Crippen LogP contribution in [0, 0.1) is 6.92 Å². The predicted molar refractivity (Wildman–Crippen MR) is 120 cm³/mol. The number of benzene rings is 1. The van der Waals surface area contributed by atoms with Crippen LogP contribution in [0.3, 0.4) is 0 Å². The van der Waals surface area contributed by atoms with Crippen LogP contribution >= 0.6 is 0 Å². The van der Waals surface area contributed by atoms with Crippen LogP contribution < -0.4 is 5.32 Å². The number of fused-ring (bicyclic) bond motifs is 1. The molecule has 1 fully saturated rings. The van der Waals surface area contributed by atoms with Gasteiger partial charge in [0.2, 0.25) is 0 Å². The first kappa shape index (κ1) is 19.9. The van der Waals surface area contributed by atoms with Gasteiger partial charge in [-0.3, -0.25) is 0 Å². The van der Waals surface area contributed by atoms with Gasteiger partial charge in [0.05, 0.1) is 17.3 Å². The molecule has 2 aromatic heterocycles. The predicted octanol–water partition coefficient (Wildman–Crippen LogP) is 6.21. The van der Waals surface area contributed by atoms with Gasteiger partial charge in [0.25, 0.3) is 0 Å². The molecule has 0 amide bonds. The zero-order valence-corrected chi connectivity index (χ0v) is 17.6. The summed E-state index contributed by atoms with van der Waals surface area (Å²) in [5.41, 5.74) is 3.11. The van der Waals surface area contributed by atoms with Gasteiger partial charge >= 0.3 is 0 Å². The summed E-state index contributed by atoms with van der Waals surface area (Å²) in [6.07, 6.45) is 18.3. The van der Waals surface area contributed by atoms with E-state index in [1.807, 2.05) is 10.9 Å². The second-order valence-corrected chi connectivity index (χ2v) is 8.46. The van der Waals surface area contributed by atoms with E-state index in [1.165, 1.54) is 76.2 Å². The molecule has 1 aromatic carbocycles. The molecule has 1 aliphatic carbocycles. The Kier molecular flexibility index (Phi) is 6.75. The molecule has 1 saturated carbocycles. The van der Waals surface area contributed by atoms with Gasteiger partial charge in [-0.25, -0.2) is 14.6 Å². The summed E-state index contributed by atoms with van der Waals surface area (Å²) in [6.45, 7) is 2.10. The number of rotatable bonds is 3. The van der Waals surface area contributed by atoms with Gasteiger partial charge < -0.3 is 5.32 Å². The Balaban J connectivity index is 1.53. The third-order valence-electron chi connectivity index (χ3n) is 6.06. The number of hydrogen-bond donors (Lipinski definition) is 1. The average Bonchev–Trinajstić information content (AvgIpc) is 3.15. The molecule has 3 aromatic rings. The van der Waals surface area contributed by atoms with E-state index in [0.717, 1.165) is 22.5 Å². The first-order valence-electron chi connectivity index (χ1n) is 11.3. The van der Waals surface area contributed by atoms with Gasteiger partial charge in [0.15, 0.2) is 5.65 Å². The van der Waals surface area contributed by atoms with Crippen LogP contribution in [-0.4, -0.2) is 25.8 Å². The van der Waals surface area contributed by atoms with Gasteiger partial charge in [0, 0.05) is 6.04 Å². The van der Waals surface area contributed by atoms with Crippen LogP contribution in [0.15, 0.2) is 36.8 Å². The van der Waals surface area contributed by atoms with E-state index in [2.05, 4.69) is 51.6 Å². The molecular formula is C24H33N5. The van der Waals surface area contributed by atoms with Crippen molar-refractivity contribution in [3.05, 3.63) is 42.4 Å². The molecule has 1 N–H and O–H groups in total. The molecule has 0 aliphatic heterocycles. The maximum absolute atomic E-state index is 4.62. The Morgan fingerprint density at radius 3 is 2.28 bits per heavy atom. The Bertz CT molecular complexity index is 905. The van der Waals surface area contributed by atoms with Gasteiger partial charge in [0.1, 0.15) is 12.1 Å². The Morgan fingerprint density at radius 1 is 0.897 bits per heavy atom. The van der Waals surface area contributed by atoms with Crippen molar-refractivity contribution in [3.63, 3.8) is 0 Å². The third kappa shape index (κ3) is 5.14. The molecule has 5 nitrogen and oxygen atoms in total. The maximum atomic E-state index is 4.62. The van der Waals surface area contributed by atoms with Crippen LogP contribution in [-0.2, 0) is 0 Å². The summed E-state index contributed by atoms with van der Waals surface area (Å²) in [5, 5.41) is 9.37. The van der Waals surface area contributed by atoms with Crippen molar-refractivity contribution in [2.24, 2.45) is 0 Å². The van der Waals surface area contributed by atoms with E-state index in [-0.39, 0.29) is 0 Å². The fourth-order valence-electron chi connectivity index (χ4n) is 4.41. The van der Waals surface area contributed by atoms with E-state index in [4.69, 9.17) is 0 Å². The zero-order valence-electron chi connectivity index (χ0n) is 17.6. The second-order valence-electron chi connectivity index (χ2n) is 8.46. The van der Waals surface area contributed by atoms with Crippen molar-refractivity contribution < 1.29 is 0 Å². The molecule has 0 atom stereocenters. The largest absolute Gasteiger partial charge is 0.367 e. The lowest BCUT2D eigenvalue weighted by atomic mass is 9.98. The lowest BCUT2D eigenvalue weighted by molar-refractivity contribution is 0.480. The summed E-state index contributed by atoms with van der Waals surface area (Å²) in [6, 6.07) is 8.84. The van der Waals surface area contributed by atoms with E-state index in [1.54, 1.807) is 6.33 Å². The minimum absolute atomic E-state index is 0.481. The van der Waals surface area contributed by atoms with E-state index in [9.17, 15) is 0 Å².